The highest BCUT2D eigenvalue weighted by Crippen LogP contribution is 2.32. The maximum absolute atomic E-state index is 13.1. The average molecular weight is 370 g/mol. The summed E-state index contributed by atoms with van der Waals surface area (Å²) in [5, 5.41) is 3.23. The number of carbonyl (C=O) groups excluding carboxylic acids is 3. The van der Waals surface area contributed by atoms with Crippen LogP contribution in [0.15, 0.2) is 30.5 Å². The summed E-state index contributed by atoms with van der Waals surface area (Å²) in [5.41, 5.74) is 0.950. The normalized spacial score (nSPS) is 19.2. The van der Waals surface area contributed by atoms with Gasteiger partial charge in [0, 0.05) is 17.6 Å². The summed E-state index contributed by atoms with van der Waals surface area (Å²) < 4.78 is 0. The second-order valence-electron chi connectivity index (χ2n) is 6.42. The molecule has 1 N–H and O–H groups in total. The zero-order chi connectivity index (χ0) is 18.3. The van der Waals surface area contributed by atoms with Crippen LogP contribution in [0.25, 0.3) is 0 Å². The molecule has 1 aromatic heterocycles. The van der Waals surface area contributed by atoms with Gasteiger partial charge in [-0.2, -0.15) is 0 Å². The van der Waals surface area contributed by atoms with Crippen molar-refractivity contribution >= 4 is 39.9 Å². The molecule has 0 aliphatic carbocycles. The third-order valence-corrected chi connectivity index (χ3v) is 5.49. The molecule has 0 bridgehead atoms. The zero-order valence-corrected chi connectivity index (χ0v) is 15.1. The Labute approximate surface area is 154 Å². The van der Waals surface area contributed by atoms with Crippen molar-refractivity contribution in [3.05, 3.63) is 40.9 Å². The first-order chi connectivity index (χ1) is 12.5. The quantitative estimate of drug-likeness (QED) is 0.896. The minimum atomic E-state index is -0.496. The van der Waals surface area contributed by atoms with Gasteiger partial charge < -0.3 is 15.1 Å². The molecule has 4 rings (SSSR count). The van der Waals surface area contributed by atoms with Crippen LogP contribution in [0.2, 0.25) is 0 Å². The number of fused-ring (bicyclic) bond motifs is 2. The van der Waals surface area contributed by atoms with Gasteiger partial charge >= 0.3 is 0 Å². The molecule has 134 valence electrons. The largest absolute Gasteiger partial charge is 0.327 e. The summed E-state index contributed by atoms with van der Waals surface area (Å²) in [4.78, 5) is 46.6. The van der Waals surface area contributed by atoms with Gasteiger partial charge in [0.15, 0.2) is 5.13 Å². The molecule has 0 saturated carbocycles. The average Bonchev–Trinajstić information content (AvgIpc) is 3.26. The SMILES string of the molecule is Cc1cnc(NC(=O)CN2C(=O)[C@H]3CCCN3C(=O)c3ccccc32)s1. The Hall–Kier alpha value is -2.74. The van der Waals surface area contributed by atoms with E-state index < -0.39 is 6.04 Å². The number of aryl methyl sites for hydroxylation is 1. The minimum absolute atomic E-state index is 0.144. The molecular formula is C18H18N4O3S. The molecule has 0 unspecified atom stereocenters. The number of nitrogens with zero attached hydrogens (tertiary/aromatic N) is 3. The molecule has 2 aliphatic heterocycles. The number of aromatic nitrogens is 1. The first kappa shape index (κ1) is 16.7. The Kier molecular flexibility index (Phi) is 4.20. The third kappa shape index (κ3) is 2.86. The van der Waals surface area contributed by atoms with Crippen LogP contribution in [0, 0.1) is 6.92 Å². The number of carbonyl (C=O) groups is 3. The van der Waals surface area contributed by atoms with Crippen LogP contribution in [0.3, 0.4) is 0 Å². The summed E-state index contributed by atoms with van der Waals surface area (Å²) in [6, 6.07) is 6.47. The number of hydrogen-bond donors (Lipinski definition) is 1. The molecule has 0 radical (unpaired) electrons. The summed E-state index contributed by atoms with van der Waals surface area (Å²) in [6.45, 7) is 2.33. The summed E-state index contributed by atoms with van der Waals surface area (Å²) in [5.74, 6) is -0.678. The Balaban J connectivity index is 1.64. The van der Waals surface area contributed by atoms with E-state index in [-0.39, 0.29) is 24.3 Å². The van der Waals surface area contributed by atoms with Gasteiger partial charge in [0.1, 0.15) is 12.6 Å². The molecule has 3 heterocycles. The molecule has 3 amide bonds. The van der Waals surface area contributed by atoms with E-state index in [0.29, 0.717) is 29.3 Å². The molecule has 2 aromatic rings. The van der Waals surface area contributed by atoms with Gasteiger partial charge in [-0.05, 0) is 31.9 Å². The molecule has 0 spiro atoms. The van der Waals surface area contributed by atoms with E-state index >= 15 is 0 Å². The molecule has 1 fully saturated rings. The monoisotopic (exact) mass is 370 g/mol. The summed E-state index contributed by atoms with van der Waals surface area (Å²) in [7, 11) is 0. The van der Waals surface area contributed by atoms with Gasteiger partial charge in [0.2, 0.25) is 11.8 Å². The molecule has 7 nitrogen and oxygen atoms in total. The molecule has 1 saturated heterocycles. The van der Waals surface area contributed by atoms with Crippen molar-refractivity contribution in [2.45, 2.75) is 25.8 Å². The van der Waals surface area contributed by atoms with Crippen LogP contribution in [0.5, 0.6) is 0 Å². The fourth-order valence-corrected chi connectivity index (χ4v) is 4.17. The van der Waals surface area contributed by atoms with Crippen molar-refractivity contribution in [1.82, 2.24) is 9.88 Å². The lowest BCUT2D eigenvalue weighted by atomic mass is 10.1. The number of hydrogen-bond acceptors (Lipinski definition) is 5. The third-order valence-electron chi connectivity index (χ3n) is 4.66. The maximum atomic E-state index is 13.1. The van der Waals surface area contributed by atoms with Crippen molar-refractivity contribution in [2.24, 2.45) is 0 Å². The molecular weight excluding hydrogens is 352 g/mol. The highest BCUT2D eigenvalue weighted by atomic mass is 32.1. The van der Waals surface area contributed by atoms with Gasteiger partial charge in [-0.15, -0.1) is 11.3 Å². The molecule has 26 heavy (non-hydrogen) atoms. The summed E-state index contributed by atoms with van der Waals surface area (Å²) in [6.07, 6.45) is 3.10. The molecule has 2 aliphatic rings. The molecule has 1 aromatic carbocycles. The number of thiazole rings is 1. The van der Waals surface area contributed by atoms with E-state index in [1.54, 1.807) is 35.4 Å². The van der Waals surface area contributed by atoms with Gasteiger partial charge in [-0.25, -0.2) is 4.98 Å². The van der Waals surface area contributed by atoms with Crippen LogP contribution in [0.1, 0.15) is 28.1 Å². The Morgan fingerprint density at radius 3 is 2.92 bits per heavy atom. The fraction of sp³-hybridized carbons (Fsp3) is 0.333. The Morgan fingerprint density at radius 2 is 2.15 bits per heavy atom. The minimum Gasteiger partial charge on any atom is -0.327 e. The smallest absolute Gasteiger partial charge is 0.256 e. The predicted molar refractivity (Wildman–Crippen MR) is 98.3 cm³/mol. The Bertz CT molecular complexity index is 894. The number of amides is 3. The van der Waals surface area contributed by atoms with Gasteiger partial charge in [-0.3, -0.25) is 14.4 Å². The van der Waals surface area contributed by atoms with Crippen molar-refractivity contribution < 1.29 is 14.4 Å². The molecule has 1 atom stereocenters. The van der Waals surface area contributed by atoms with Crippen molar-refractivity contribution in [3.63, 3.8) is 0 Å². The van der Waals surface area contributed by atoms with E-state index in [2.05, 4.69) is 10.3 Å². The van der Waals surface area contributed by atoms with Crippen molar-refractivity contribution in [2.75, 3.05) is 23.3 Å². The first-order valence-corrected chi connectivity index (χ1v) is 9.30. The van der Waals surface area contributed by atoms with Crippen LogP contribution >= 0.6 is 11.3 Å². The zero-order valence-electron chi connectivity index (χ0n) is 14.3. The van der Waals surface area contributed by atoms with E-state index in [4.69, 9.17) is 0 Å². The van der Waals surface area contributed by atoms with Crippen molar-refractivity contribution in [1.29, 1.82) is 0 Å². The van der Waals surface area contributed by atoms with E-state index in [0.717, 1.165) is 11.3 Å². The second-order valence-corrected chi connectivity index (χ2v) is 7.66. The van der Waals surface area contributed by atoms with E-state index in [1.807, 2.05) is 6.92 Å². The second kappa shape index (κ2) is 6.53. The standard InChI is InChI=1S/C18H18N4O3S/c1-11-9-19-18(26-11)20-15(23)10-22-13-6-3-2-5-12(13)16(24)21-8-4-7-14(21)17(22)25/h2-3,5-6,9,14H,4,7-8,10H2,1H3,(H,19,20,23)/t14-/m1/s1. The Morgan fingerprint density at radius 1 is 1.35 bits per heavy atom. The topological polar surface area (TPSA) is 82.6 Å². The highest BCUT2D eigenvalue weighted by Gasteiger charge is 2.42. The van der Waals surface area contributed by atoms with E-state index in [1.165, 1.54) is 16.2 Å². The number of nitrogens with one attached hydrogen (secondary N) is 1. The van der Waals surface area contributed by atoms with Crippen LogP contribution in [-0.2, 0) is 9.59 Å². The number of para-hydroxylation sites is 1. The summed E-state index contributed by atoms with van der Waals surface area (Å²) >= 11 is 1.38. The molecule has 8 heteroatoms. The number of benzene rings is 1. The van der Waals surface area contributed by atoms with Gasteiger partial charge in [0.05, 0.1) is 11.3 Å². The van der Waals surface area contributed by atoms with E-state index in [9.17, 15) is 14.4 Å². The van der Waals surface area contributed by atoms with Crippen LogP contribution in [0.4, 0.5) is 10.8 Å². The number of rotatable bonds is 3. The highest BCUT2D eigenvalue weighted by molar-refractivity contribution is 7.15. The lowest BCUT2D eigenvalue weighted by molar-refractivity contribution is -0.124. The maximum Gasteiger partial charge on any atom is 0.256 e. The number of anilines is 2. The first-order valence-electron chi connectivity index (χ1n) is 8.48. The predicted octanol–water partition coefficient (Wildman–Crippen LogP) is 2.04. The van der Waals surface area contributed by atoms with Gasteiger partial charge in [-0.1, -0.05) is 12.1 Å². The lowest BCUT2D eigenvalue weighted by Crippen LogP contribution is -2.47. The van der Waals surface area contributed by atoms with Crippen LogP contribution < -0.4 is 10.2 Å². The lowest BCUT2D eigenvalue weighted by Gasteiger charge is -2.25. The van der Waals surface area contributed by atoms with Gasteiger partial charge in [0.25, 0.3) is 5.91 Å². The van der Waals surface area contributed by atoms with Crippen molar-refractivity contribution in [3.8, 4) is 0 Å². The van der Waals surface area contributed by atoms with Crippen LogP contribution in [-0.4, -0.2) is 46.7 Å². The fourth-order valence-electron chi connectivity index (χ4n) is 3.49.